The third-order valence-corrected chi connectivity index (χ3v) is 1.68. The summed E-state index contributed by atoms with van der Waals surface area (Å²) < 4.78 is 14.3. The van der Waals surface area contributed by atoms with E-state index < -0.39 is 0 Å². The number of aromatic nitrogens is 2. The fraction of sp³-hybridized carbons (Fsp3) is 0.625. The van der Waals surface area contributed by atoms with Crippen LogP contribution in [0.15, 0.2) is 6.20 Å². The molecular formula is C8H15ClFN3. The summed E-state index contributed by atoms with van der Waals surface area (Å²) in [5.41, 5.74) is 0.631. The maximum atomic E-state index is 13.0. The van der Waals surface area contributed by atoms with Crippen LogP contribution >= 0.6 is 12.4 Å². The lowest BCUT2D eigenvalue weighted by atomic mass is 10.3. The molecule has 0 aliphatic carbocycles. The standard InChI is InChI=1S/C8H14FN3.ClH/c1-3-4-10-5-7-6-11-12(2)8(7)9;/h6,10H,3-5H2,1-2H3;1H. The van der Waals surface area contributed by atoms with Gasteiger partial charge in [0.25, 0.3) is 0 Å². The number of halogens is 2. The summed E-state index contributed by atoms with van der Waals surface area (Å²) >= 11 is 0. The van der Waals surface area contributed by atoms with E-state index in [-0.39, 0.29) is 18.4 Å². The molecule has 1 heterocycles. The van der Waals surface area contributed by atoms with Crippen molar-refractivity contribution in [2.24, 2.45) is 7.05 Å². The van der Waals surface area contributed by atoms with Crippen LogP contribution in [-0.4, -0.2) is 16.3 Å². The quantitative estimate of drug-likeness (QED) is 0.759. The fourth-order valence-corrected chi connectivity index (χ4v) is 0.986. The second kappa shape index (κ2) is 5.94. The average Bonchev–Trinajstić information content (AvgIpc) is 2.36. The number of rotatable bonds is 4. The molecule has 0 aromatic carbocycles. The zero-order valence-corrected chi connectivity index (χ0v) is 8.70. The topological polar surface area (TPSA) is 29.9 Å². The van der Waals surface area contributed by atoms with E-state index in [4.69, 9.17) is 0 Å². The van der Waals surface area contributed by atoms with Crippen LogP contribution in [0.3, 0.4) is 0 Å². The van der Waals surface area contributed by atoms with Crippen molar-refractivity contribution in [3.05, 3.63) is 17.7 Å². The third-order valence-electron chi connectivity index (χ3n) is 1.68. The molecule has 3 nitrogen and oxygen atoms in total. The van der Waals surface area contributed by atoms with E-state index in [2.05, 4.69) is 17.3 Å². The Hall–Kier alpha value is -0.610. The summed E-state index contributed by atoms with van der Waals surface area (Å²) in [5.74, 6) is -0.251. The SMILES string of the molecule is CCCNCc1cnn(C)c1F.Cl. The molecule has 0 amide bonds. The van der Waals surface area contributed by atoms with Gasteiger partial charge >= 0.3 is 0 Å². The maximum absolute atomic E-state index is 13.0. The van der Waals surface area contributed by atoms with Gasteiger partial charge in [0, 0.05) is 19.2 Å². The monoisotopic (exact) mass is 207 g/mol. The average molecular weight is 208 g/mol. The molecule has 0 bridgehead atoms. The summed E-state index contributed by atoms with van der Waals surface area (Å²) in [6, 6.07) is 0. The van der Waals surface area contributed by atoms with Gasteiger partial charge in [0.2, 0.25) is 5.95 Å². The molecule has 76 valence electrons. The van der Waals surface area contributed by atoms with E-state index in [1.54, 1.807) is 13.2 Å². The molecule has 0 radical (unpaired) electrons. The van der Waals surface area contributed by atoms with E-state index in [0.717, 1.165) is 13.0 Å². The Kier molecular flexibility index (Phi) is 5.66. The molecule has 0 aliphatic heterocycles. The Balaban J connectivity index is 0.00000144. The largest absolute Gasteiger partial charge is 0.312 e. The molecule has 0 atom stereocenters. The van der Waals surface area contributed by atoms with Gasteiger partial charge in [0.1, 0.15) is 0 Å². The molecule has 0 spiro atoms. The number of aryl methyl sites for hydroxylation is 1. The summed E-state index contributed by atoms with van der Waals surface area (Å²) in [6.45, 7) is 3.55. The molecule has 0 unspecified atom stereocenters. The first-order valence-electron chi connectivity index (χ1n) is 4.12. The number of hydrogen-bond donors (Lipinski definition) is 1. The van der Waals surface area contributed by atoms with Crippen molar-refractivity contribution in [1.29, 1.82) is 0 Å². The first kappa shape index (κ1) is 12.4. The minimum Gasteiger partial charge on any atom is -0.312 e. The normalized spacial score (nSPS) is 9.77. The van der Waals surface area contributed by atoms with Gasteiger partial charge in [0.05, 0.1) is 6.20 Å². The molecule has 1 N–H and O–H groups in total. The van der Waals surface area contributed by atoms with Crippen LogP contribution in [0.5, 0.6) is 0 Å². The summed E-state index contributed by atoms with van der Waals surface area (Å²) in [4.78, 5) is 0. The smallest absolute Gasteiger partial charge is 0.215 e. The predicted octanol–water partition coefficient (Wildman–Crippen LogP) is 1.48. The minimum absolute atomic E-state index is 0. The number of nitrogens with one attached hydrogen (secondary N) is 1. The van der Waals surface area contributed by atoms with Gasteiger partial charge < -0.3 is 5.32 Å². The summed E-state index contributed by atoms with van der Waals surface area (Å²) in [6.07, 6.45) is 2.61. The van der Waals surface area contributed by atoms with Crippen LogP contribution in [0.25, 0.3) is 0 Å². The number of hydrogen-bond acceptors (Lipinski definition) is 2. The fourth-order valence-electron chi connectivity index (χ4n) is 0.986. The van der Waals surface area contributed by atoms with Crippen LogP contribution in [0.4, 0.5) is 4.39 Å². The minimum atomic E-state index is -0.251. The van der Waals surface area contributed by atoms with Crippen LogP contribution in [0, 0.1) is 5.95 Å². The molecule has 0 saturated carbocycles. The van der Waals surface area contributed by atoms with Gasteiger partial charge in [-0.3, -0.25) is 0 Å². The molecule has 5 heteroatoms. The maximum Gasteiger partial charge on any atom is 0.215 e. The predicted molar refractivity (Wildman–Crippen MR) is 52.4 cm³/mol. The molecule has 0 aliphatic rings. The van der Waals surface area contributed by atoms with Crippen molar-refractivity contribution in [2.45, 2.75) is 19.9 Å². The van der Waals surface area contributed by atoms with Crippen molar-refractivity contribution in [3.8, 4) is 0 Å². The highest BCUT2D eigenvalue weighted by Crippen LogP contribution is 2.03. The lowest BCUT2D eigenvalue weighted by molar-refractivity contribution is 0.489. The van der Waals surface area contributed by atoms with E-state index in [0.29, 0.717) is 12.1 Å². The van der Waals surface area contributed by atoms with Gasteiger partial charge in [-0.25, -0.2) is 4.68 Å². The molecule has 1 rings (SSSR count). The van der Waals surface area contributed by atoms with Gasteiger partial charge in [-0.05, 0) is 13.0 Å². The molecule has 0 saturated heterocycles. The van der Waals surface area contributed by atoms with Crippen molar-refractivity contribution < 1.29 is 4.39 Å². The highest BCUT2D eigenvalue weighted by molar-refractivity contribution is 5.85. The van der Waals surface area contributed by atoms with Crippen LogP contribution in [-0.2, 0) is 13.6 Å². The Morgan fingerprint density at radius 3 is 2.77 bits per heavy atom. The van der Waals surface area contributed by atoms with Crippen molar-refractivity contribution in [2.75, 3.05) is 6.54 Å². The molecular weight excluding hydrogens is 193 g/mol. The second-order valence-electron chi connectivity index (χ2n) is 2.76. The highest BCUT2D eigenvalue weighted by atomic mass is 35.5. The zero-order chi connectivity index (χ0) is 8.97. The molecule has 1 aromatic rings. The van der Waals surface area contributed by atoms with Crippen LogP contribution in [0.1, 0.15) is 18.9 Å². The summed E-state index contributed by atoms with van der Waals surface area (Å²) in [7, 11) is 1.60. The van der Waals surface area contributed by atoms with Gasteiger partial charge in [-0.1, -0.05) is 6.92 Å². The zero-order valence-electron chi connectivity index (χ0n) is 7.88. The Bertz CT molecular complexity index is 250. The second-order valence-corrected chi connectivity index (χ2v) is 2.76. The lowest BCUT2D eigenvalue weighted by Gasteiger charge is -1.99. The molecule has 1 aromatic heterocycles. The van der Waals surface area contributed by atoms with E-state index in [1.807, 2.05) is 0 Å². The van der Waals surface area contributed by atoms with E-state index in [9.17, 15) is 4.39 Å². The van der Waals surface area contributed by atoms with Crippen molar-refractivity contribution in [1.82, 2.24) is 15.1 Å². The van der Waals surface area contributed by atoms with Gasteiger partial charge in [0.15, 0.2) is 0 Å². The number of nitrogens with zero attached hydrogens (tertiary/aromatic N) is 2. The van der Waals surface area contributed by atoms with E-state index in [1.165, 1.54) is 4.68 Å². The van der Waals surface area contributed by atoms with Gasteiger partial charge in [-0.2, -0.15) is 9.49 Å². The summed E-state index contributed by atoms with van der Waals surface area (Å²) in [5, 5.41) is 6.91. The molecule has 0 fully saturated rings. The first-order chi connectivity index (χ1) is 5.75. The first-order valence-corrected chi connectivity index (χ1v) is 4.12. The Morgan fingerprint density at radius 1 is 1.62 bits per heavy atom. The van der Waals surface area contributed by atoms with Crippen LogP contribution in [0.2, 0.25) is 0 Å². The highest BCUT2D eigenvalue weighted by Gasteiger charge is 2.05. The van der Waals surface area contributed by atoms with Crippen LogP contribution < -0.4 is 5.32 Å². The van der Waals surface area contributed by atoms with Crippen molar-refractivity contribution in [3.63, 3.8) is 0 Å². The molecule has 13 heavy (non-hydrogen) atoms. The Labute approximate surface area is 83.7 Å². The van der Waals surface area contributed by atoms with Crippen molar-refractivity contribution >= 4 is 12.4 Å². The third kappa shape index (κ3) is 3.32. The van der Waals surface area contributed by atoms with Gasteiger partial charge in [-0.15, -0.1) is 12.4 Å². The lowest BCUT2D eigenvalue weighted by Crippen LogP contribution is -2.14. The Morgan fingerprint density at radius 2 is 2.31 bits per heavy atom. The van der Waals surface area contributed by atoms with E-state index >= 15 is 0 Å².